The molecule has 0 aliphatic carbocycles. The van der Waals surface area contributed by atoms with Gasteiger partial charge in [0.05, 0.1) is 13.2 Å². The highest BCUT2D eigenvalue weighted by Crippen LogP contribution is 2.24. The Bertz CT molecular complexity index is 884. The van der Waals surface area contributed by atoms with Crippen molar-refractivity contribution in [3.05, 3.63) is 63.9 Å². The van der Waals surface area contributed by atoms with Gasteiger partial charge >= 0.3 is 0 Å². The maximum atomic E-state index is 14.0. The monoisotopic (exact) mass is 456 g/mol. The van der Waals surface area contributed by atoms with Crippen LogP contribution in [0.3, 0.4) is 0 Å². The van der Waals surface area contributed by atoms with Crippen molar-refractivity contribution in [3.8, 4) is 0 Å². The molecule has 0 aromatic heterocycles. The topological polar surface area (TPSA) is 58.6 Å². The Balaban J connectivity index is 1.83. The van der Waals surface area contributed by atoms with E-state index in [-0.39, 0.29) is 17.5 Å². The molecular weight excluding hydrogens is 435 g/mol. The normalized spacial score (nSPS) is 17.0. The quantitative estimate of drug-likeness (QED) is 0.724. The van der Waals surface area contributed by atoms with Crippen LogP contribution in [0.5, 0.6) is 0 Å². The van der Waals surface area contributed by atoms with Crippen molar-refractivity contribution in [1.29, 1.82) is 0 Å². The van der Waals surface area contributed by atoms with E-state index in [0.29, 0.717) is 30.8 Å². The minimum absolute atomic E-state index is 0.150. The highest BCUT2D eigenvalue weighted by atomic mass is 79.9. The maximum absolute atomic E-state index is 14.0. The summed E-state index contributed by atoms with van der Waals surface area (Å²) in [6.07, 6.45) is 0. The van der Waals surface area contributed by atoms with Gasteiger partial charge in [-0.1, -0.05) is 45.8 Å². The van der Waals surface area contributed by atoms with Gasteiger partial charge in [-0.3, -0.25) is 4.90 Å². The number of nitrogens with one attached hydrogen (secondary N) is 1. The minimum atomic E-state index is -3.98. The number of rotatable bonds is 6. The van der Waals surface area contributed by atoms with Gasteiger partial charge in [-0.2, -0.15) is 0 Å². The second-order valence-corrected chi connectivity index (χ2v) is 9.15. The van der Waals surface area contributed by atoms with Gasteiger partial charge in [-0.25, -0.2) is 17.5 Å². The number of aryl methyl sites for hydroxylation is 1. The molecule has 1 fully saturated rings. The van der Waals surface area contributed by atoms with Crippen LogP contribution in [0.25, 0.3) is 0 Å². The number of morpholine rings is 1. The predicted octanol–water partition coefficient (Wildman–Crippen LogP) is 3.25. The van der Waals surface area contributed by atoms with E-state index in [9.17, 15) is 12.8 Å². The molecule has 27 heavy (non-hydrogen) atoms. The molecule has 2 aromatic carbocycles. The molecular formula is C19H22BrFN2O3S. The summed E-state index contributed by atoms with van der Waals surface area (Å²) in [5.41, 5.74) is 2.15. The molecule has 1 aliphatic rings. The first-order valence-corrected chi connectivity index (χ1v) is 11.0. The average Bonchev–Trinajstić information content (AvgIpc) is 2.66. The zero-order valence-corrected chi connectivity index (χ0v) is 17.4. The lowest BCUT2D eigenvalue weighted by molar-refractivity contribution is 0.0172. The summed E-state index contributed by atoms with van der Waals surface area (Å²) < 4.78 is 47.9. The zero-order valence-electron chi connectivity index (χ0n) is 15.0. The number of halogens is 2. The molecule has 1 aliphatic heterocycles. The van der Waals surface area contributed by atoms with Gasteiger partial charge in [0.1, 0.15) is 10.7 Å². The van der Waals surface area contributed by atoms with Crippen LogP contribution < -0.4 is 4.72 Å². The summed E-state index contributed by atoms with van der Waals surface area (Å²) in [6.45, 7) is 4.80. The fourth-order valence-corrected chi connectivity index (χ4v) is 4.74. The molecule has 1 saturated heterocycles. The lowest BCUT2D eigenvalue weighted by Crippen LogP contribution is -2.43. The Kier molecular flexibility index (Phi) is 6.65. The number of benzene rings is 2. The summed E-state index contributed by atoms with van der Waals surface area (Å²) >= 11 is 3.19. The number of nitrogens with zero attached hydrogens (tertiary/aromatic N) is 1. The van der Waals surface area contributed by atoms with Crippen molar-refractivity contribution >= 4 is 26.0 Å². The second kappa shape index (κ2) is 8.79. The first kappa shape index (κ1) is 20.4. The van der Waals surface area contributed by atoms with E-state index in [4.69, 9.17) is 4.74 Å². The van der Waals surface area contributed by atoms with Gasteiger partial charge in [0.15, 0.2) is 0 Å². The predicted molar refractivity (Wildman–Crippen MR) is 106 cm³/mol. The largest absolute Gasteiger partial charge is 0.379 e. The fourth-order valence-electron chi connectivity index (χ4n) is 3.09. The van der Waals surface area contributed by atoms with Crippen LogP contribution in [0.4, 0.5) is 4.39 Å². The molecule has 0 bridgehead atoms. The van der Waals surface area contributed by atoms with Gasteiger partial charge in [-0.05, 0) is 30.7 Å². The third kappa shape index (κ3) is 5.14. The second-order valence-electron chi connectivity index (χ2n) is 6.50. The van der Waals surface area contributed by atoms with Crippen molar-refractivity contribution in [1.82, 2.24) is 9.62 Å². The van der Waals surface area contributed by atoms with Crippen LogP contribution in [0, 0.1) is 12.7 Å². The van der Waals surface area contributed by atoms with Crippen molar-refractivity contribution in [2.24, 2.45) is 0 Å². The van der Waals surface area contributed by atoms with E-state index in [1.807, 2.05) is 31.2 Å². The summed E-state index contributed by atoms with van der Waals surface area (Å²) in [5, 5.41) is 0. The summed E-state index contributed by atoms with van der Waals surface area (Å²) in [6, 6.07) is 11.7. The van der Waals surface area contributed by atoms with Gasteiger partial charge in [-0.15, -0.1) is 0 Å². The molecule has 1 N–H and O–H groups in total. The minimum Gasteiger partial charge on any atom is -0.379 e. The summed E-state index contributed by atoms with van der Waals surface area (Å²) in [5.74, 6) is -0.774. The molecule has 0 radical (unpaired) electrons. The van der Waals surface area contributed by atoms with Crippen LogP contribution in [0.2, 0.25) is 0 Å². The Hall–Kier alpha value is -1.32. The lowest BCUT2D eigenvalue weighted by Gasteiger charge is -2.35. The number of hydrogen-bond acceptors (Lipinski definition) is 4. The van der Waals surface area contributed by atoms with E-state index in [1.54, 1.807) is 0 Å². The average molecular weight is 457 g/mol. The Morgan fingerprint density at radius 2 is 1.85 bits per heavy atom. The van der Waals surface area contributed by atoms with E-state index in [0.717, 1.165) is 17.2 Å². The van der Waals surface area contributed by atoms with Gasteiger partial charge in [0.2, 0.25) is 10.0 Å². The molecule has 0 spiro atoms. The molecule has 1 unspecified atom stereocenters. The van der Waals surface area contributed by atoms with Crippen molar-refractivity contribution in [2.75, 3.05) is 32.8 Å². The van der Waals surface area contributed by atoms with E-state index < -0.39 is 15.8 Å². The smallest absolute Gasteiger partial charge is 0.243 e. The molecule has 0 saturated carbocycles. The molecule has 3 rings (SSSR count). The van der Waals surface area contributed by atoms with E-state index in [2.05, 4.69) is 25.6 Å². The molecule has 1 atom stereocenters. The first-order chi connectivity index (χ1) is 12.9. The highest BCUT2D eigenvalue weighted by Gasteiger charge is 2.26. The van der Waals surface area contributed by atoms with Gasteiger partial charge in [0, 0.05) is 30.1 Å². The maximum Gasteiger partial charge on any atom is 0.243 e. The molecule has 8 heteroatoms. The Morgan fingerprint density at radius 1 is 1.19 bits per heavy atom. The fraction of sp³-hybridized carbons (Fsp3) is 0.368. The Morgan fingerprint density at radius 3 is 2.52 bits per heavy atom. The molecule has 146 valence electrons. The summed E-state index contributed by atoms with van der Waals surface area (Å²) in [4.78, 5) is 1.83. The van der Waals surface area contributed by atoms with E-state index >= 15 is 0 Å². The van der Waals surface area contributed by atoms with Gasteiger partial charge in [0.25, 0.3) is 0 Å². The number of ether oxygens (including phenoxy) is 1. The molecule has 5 nitrogen and oxygen atoms in total. The molecule has 2 aromatic rings. The summed E-state index contributed by atoms with van der Waals surface area (Å²) in [7, 11) is -3.98. The van der Waals surface area contributed by atoms with Crippen LogP contribution in [-0.2, 0) is 14.8 Å². The van der Waals surface area contributed by atoms with Crippen molar-refractivity contribution in [3.63, 3.8) is 0 Å². The standard InChI is InChI=1S/C19H22BrFN2O3S/c1-14-2-4-15(5-3-14)18(23-8-10-26-11-9-23)13-22-27(24,25)19-12-16(20)6-7-17(19)21/h2-7,12,18,22H,8-11,13H2,1H3. The molecule has 1 heterocycles. The Labute approximate surface area is 167 Å². The van der Waals surface area contributed by atoms with Gasteiger partial charge < -0.3 is 4.74 Å². The van der Waals surface area contributed by atoms with Crippen LogP contribution in [0.15, 0.2) is 51.8 Å². The third-order valence-electron chi connectivity index (χ3n) is 4.60. The van der Waals surface area contributed by atoms with Crippen molar-refractivity contribution in [2.45, 2.75) is 17.9 Å². The highest BCUT2D eigenvalue weighted by molar-refractivity contribution is 9.10. The SMILES string of the molecule is Cc1ccc(C(CNS(=O)(=O)c2cc(Br)ccc2F)N2CCOCC2)cc1. The first-order valence-electron chi connectivity index (χ1n) is 8.70. The number of hydrogen-bond donors (Lipinski definition) is 1. The molecule has 0 amide bonds. The van der Waals surface area contributed by atoms with Crippen LogP contribution in [0.1, 0.15) is 17.2 Å². The zero-order chi connectivity index (χ0) is 19.4. The van der Waals surface area contributed by atoms with Crippen LogP contribution >= 0.6 is 15.9 Å². The number of sulfonamides is 1. The third-order valence-corrected chi connectivity index (χ3v) is 6.53. The van der Waals surface area contributed by atoms with E-state index in [1.165, 1.54) is 12.1 Å². The van der Waals surface area contributed by atoms with Crippen LogP contribution in [-0.4, -0.2) is 46.2 Å². The lowest BCUT2D eigenvalue weighted by atomic mass is 10.0. The van der Waals surface area contributed by atoms with Crippen molar-refractivity contribution < 1.29 is 17.5 Å².